The first-order chi connectivity index (χ1) is 17.1. The van der Waals surface area contributed by atoms with Gasteiger partial charge in [-0.3, -0.25) is 5.10 Å². The van der Waals surface area contributed by atoms with E-state index < -0.39 is 17.8 Å². The molecule has 0 amide bonds. The van der Waals surface area contributed by atoms with Gasteiger partial charge in [-0.25, -0.2) is 9.97 Å². The number of hydrogen-bond donors (Lipinski definition) is 4. The Morgan fingerprint density at radius 1 is 1.17 bits per heavy atom. The maximum absolute atomic E-state index is 13.1. The molecule has 2 aliphatic rings. The molecule has 12 heteroatoms. The molecule has 1 aliphatic carbocycles. The van der Waals surface area contributed by atoms with Crippen molar-refractivity contribution >= 4 is 34.9 Å². The van der Waals surface area contributed by atoms with Gasteiger partial charge in [0.2, 0.25) is 0 Å². The van der Waals surface area contributed by atoms with Crippen LogP contribution in [0.15, 0.2) is 46.5 Å². The topological polar surface area (TPSA) is 102 Å². The average molecular weight is 520 g/mol. The molecule has 3 aromatic rings. The molecule has 1 atom stereocenters. The highest BCUT2D eigenvalue weighted by molar-refractivity contribution is 7.99. The molecule has 1 saturated heterocycles. The lowest BCUT2D eigenvalue weighted by Crippen LogP contribution is -2.63. The number of aromatic nitrogens is 4. The summed E-state index contributed by atoms with van der Waals surface area (Å²) in [6.45, 7) is 4.45. The Morgan fingerprint density at radius 3 is 2.47 bits per heavy atom. The molecule has 1 aliphatic heterocycles. The molecule has 2 aromatic heterocycles. The van der Waals surface area contributed by atoms with Gasteiger partial charge in [-0.2, -0.15) is 18.3 Å². The third kappa shape index (κ3) is 5.54. The molecule has 1 saturated carbocycles. The number of anilines is 4. The van der Waals surface area contributed by atoms with Crippen LogP contribution in [0.1, 0.15) is 31.9 Å². The summed E-state index contributed by atoms with van der Waals surface area (Å²) in [6, 6.07) is 8.82. The van der Waals surface area contributed by atoms with Crippen molar-refractivity contribution in [3.8, 4) is 0 Å². The van der Waals surface area contributed by atoms with Gasteiger partial charge >= 0.3 is 6.18 Å². The molecular weight excluding hydrogens is 491 g/mol. The van der Waals surface area contributed by atoms with Gasteiger partial charge in [0.1, 0.15) is 23.3 Å². The van der Waals surface area contributed by atoms with Gasteiger partial charge < -0.3 is 20.6 Å². The maximum atomic E-state index is 13.1. The van der Waals surface area contributed by atoms with Crippen molar-refractivity contribution in [2.24, 2.45) is 5.92 Å². The molecule has 5 rings (SSSR count). The largest absolute Gasteiger partial charge is 0.408 e. The van der Waals surface area contributed by atoms with Crippen molar-refractivity contribution in [2.45, 2.75) is 61.0 Å². The number of alkyl halides is 3. The van der Waals surface area contributed by atoms with Gasteiger partial charge in [0.15, 0.2) is 11.0 Å². The zero-order chi connectivity index (χ0) is 25.5. The zero-order valence-corrected chi connectivity index (χ0v) is 20.7. The van der Waals surface area contributed by atoms with Crippen molar-refractivity contribution < 1.29 is 18.3 Å². The standard InChI is InChI=1S/C24H28F3N7OS/c1-3-18(24(25,26)27)28-16-6-8-17(9-7-16)36-22-30-19(29-20-10-14(2)32-33-20)11-21(31-22)34-12-23(35,13-34)15-4-5-15/h6-11,15,18,28,35H,3-5,12-13H2,1-2H3,(H2,29,30,31,32,33). The lowest BCUT2D eigenvalue weighted by molar-refractivity contribution is -0.142. The first-order valence-corrected chi connectivity index (χ1v) is 12.7. The molecular formula is C24H28F3N7OS. The number of H-pyrrole nitrogens is 1. The number of benzene rings is 1. The van der Waals surface area contributed by atoms with Gasteiger partial charge in [0, 0.05) is 28.4 Å². The fraction of sp³-hybridized carbons (Fsp3) is 0.458. The number of aliphatic hydroxyl groups is 1. The fourth-order valence-corrected chi connectivity index (χ4v) is 5.06. The van der Waals surface area contributed by atoms with Crippen LogP contribution in [0.4, 0.5) is 36.3 Å². The molecule has 2 fully saturated rings. The molecule has 192 valence electrons. The number of aromatic amines is 1. The van der Waals surface area contributed by atoms with Crippen LogP contribution in [0.2, 0.25) is 0 Å². The van der Waals surface area contributed by atoms with Crippen LogP contribution in [0.3, 0.4) is 0 Å². The second-order valence-corrected chi connectivity index (χ2v) is 10.5. The van der Waals surface area contributed by atoms with E-state index >= 15 is 0 Å². The SMILES string of the molecule is CCC(Nc1ccc(Sc2nc(Nc3cc(C)[nH]n3)cc(N3CC(O)(C4CC4)C3)n2)cc1)C(F)(F)F. The van der Waals surface area contributed by atoms with Gasteiger partial charge in [0.05, 0.1) is 13.1 Å². The Hall–Kier alpha value is -2.99. The van der Waals surface area contributed by atoms with Crippen molar-refractivity contribution in [2.75, 3.05) is 28.6 Å². The minimum atomic E-state index is -4.31. The van der Waals surface area contributed by atoms with Crippen molar-refractivity contribution in [3.05, 3.63) is 42.1 Å². The van der Waals surface area contributed by atoms with E-state index in [1.165, 1.54) is 18.7 Å². The second kappa shape index (κ2) is 9.47. The lowest BCUT2D eigenvalue weighted by Gasteiger charge is -2.47. The minimum Gasteiger partial charge on any atom is -0.386 e. The molecule has 1 unspecified atom stereocenters. The highest BCUT2D eigenvalue weighted by Crippen LogP contribution is 2.45. The number of hydrogen-bond acceptors (Lipinski definition) is 8. The Labute approximate surface area is 211 Å². The third-order valence-corrected chi connectivity index (χ3v) is 7.33. The second-order valence-electron chi connectivity index (χ2n) is 9.46. The zero-order valence-electron chi connectivity index (χ0n) is 19.9. The van der Waals surface area contributed by atoms with E-state index in [4.69, 9.17) is 4.98 Å². The summed E-state index contributed by atoms with van der Waals surface area (Å²) >= 11 is 1.31. The monoisotopic (exact) mass is 519 g/mol. The first kappa shape index (κ1) is 24.7. The summed E-state index contributed by atoms with van der Waals surface area (Å²) in [5.74, 6) is 2.24. The van der Waals surface area contributed by atoms with Crippen LogP contribution in [0.25, 0.3) is 0 Å². The van der Waals surface area contributed by atoms with E-state index in [1.54, 1.807) is 24.3 Å². The van der Waals surface area contributed by atoms with E-state index in [2.05, 4.69) is 25.8 Å². The third-order valence-electron chi connectivity index (χ3n) is 6.45. The van der Waals surface area contributed by atoms with E-state index in [-0.39, 0.29) is 6.42 Å². The lowest BCUT2D eigenvalue weighted by atomic mass is 9.89. The molecule has 36 heavy (non-hydrogen) atoms. The van der Waals surface area contributed by atoms with Gasteiger partial charge in [-0.1, -0.05) is 6.92 Å². The van der Waals surface area contributed by atoms with Crippen LogP contribution in [0, 0.1) is 12.8 Å². The van der Waals surface area contributed by atoms with E-state index in [0.717, 1.165) is 23.4 Å². The normalized spacial score (nSPS) is 18.0. The Morgan fingerprint density at radius 2 is 1.89 bits per heavy atom. The van der Waals surface area contributed by atoms with E-state index in [9.17, 15) is 18.3 Å². The summed E-state index contributed by atoms with van der Waals surface area (Å²) < 4.78 is 39.3. The van der Waals surface area contributed by atoms with Crippen molar-refractivity contribution in [3.63, 3.8) is 0 Å². The summed E-state index contributed by atoms with van der Waals surface area (Å²) in [5, 5.41) is 24.0. The van der Waals surface area contributed by atoms with Crippen LogP contribution in [0.5, 0.6) is 0 Å². The summed E-state index contributed by atoms with van der Waals surface area (Å²) in [5.41, 5.74) is 0.651. The average Bonchev–Trinajstić information content (AvgIpc) is 3.58. The molecule has 0 bridgehead atoms. The minimum absolute atomic E-state index is 0.0572. The summed E-state index contributed by atoms with van der Waals surface area (Å²) in [7, 11) is 0. The first-order valence-electron chi connectivity index (χ1n) is 11.9. The van der Waals surface area contributed by atoms with Crippen LogP contribution < -0.4 is 15.5 Å². The van der Waals surface area contributed by atoms with Crippen LogP contribution >= 0.6 is 11.8 Å². The molecule has 0 radical (unpaired) electrons. The predicted octanol–water partition coefficient (Wildman–Crippen LogP) is 5.12. The highest BCUT2D eigenvalue weighted by atomic mass is 32.2. The molecule has 8 nitrogen and oxygen atoms in total. The maximum Gasteiger partial charge on any atom is 0.408 e. The Kier molecular flexibility index (Phi) is 6.50. The van der Waals surface area contributed by atoms with Gasteiger partial charge in [0.25, 0.3) is 0 Å². The number of nitrogens with one attached hydrogen (secondary N) is 3. The molecule has 4 N–H and O–H groups in total. The summed E-state index contributed by atoms with van der Waals surface area (Å²) in [4.78, 5) is 12.1. The number of halogens is 3. The van der Waals surface area contributed by atoms with Crippen molar-refractivity contribution in [1.82, 2.24) is 20.2 Å². The van der Waals surface area contributed by atoms with Crippen molar-refractivity contribution in [1.29, 1.82) is 0 Å². The molecule has 1 aromatic carbocycles. The summed E-state index contributed by atoms with van der Waals surface area (Å²) in [6.07, 6.45) is -2.24. The van der Waals surface area contributed by atoms with E-state index in [1.807, 2.05) is 24.0 Å². The Bertz CT molecular complexity index is 1210. The molecule has 0 spiro atoms. The van der Waals surface area contributed by atoms with Crippen LogP contribution in [-0.2, 0) is 0 Å². The highest BCUT2D eigenvalue weighted by Gasteiger charge is 2.52. The predicted molar refractivity (Wildman–Crippen MR) is 133 cm³/mol. The Balaban J connectivity index is 1.33. The molecule has 3 heterocycles. The van der Waals surface area contributed by atoms with Gasteiger partial charge in [-0.15, -0.1) is 0 Å². The quantitative estimate of drug-likeness (QED) is 0.289. The van der Waals surface area contributed by atoms with E-state index in [0.29, 0.717) is 47.3 Å². The number of β-amino-alcohol motifs (C(OH)–C–C–N with tert-alkyl or cyclic N) is 1. The van der Waals surface area contributed by atoms with Gasteiger partial charge in [-0.05, 0) is 68.1 Å². The van der Waals surface area contributed by atoms with Crippen LogP contribution in [-0.4, -0.2) is 56.2 Å². The smallest absolute Gasteiger partial charge is 0.386 e. The number of rotatable bonds is 9. The number of nitrogens with zero attached hydrogens (tertiary/aromatic N) is 4. The fourth-order valence-electron chi connectivity index (χ4n) is 4.29. The number of aryl methyl sites for hydroxylation is 1.